The van der Waals surface area contributed by atoms with Crippen molar-refractivity contribution >= 4 is 86.2 Å². The molecule has 0 fully saturated rings. The van der Waals surface area contributed by atoms with Gasteiger partial charge in [0, 0.05) is 0 Å². The van der Waals surface area contributed by atoms with Crippen molar-refractivity contribution in [3.05, 3.63) is 231 Å². The first-order chi connectivity index (χ1) is 30.7. The van der Waals surface area contributed by atoms with Crippen molar-refractivity contribution in [2.45, 2.75) is 0 Å². The fraction of sp³-hybridized carbons (Fsp3) is 0. The number of benzene rings is 13. The predicted molar refractivity (Wildman–Crippen MR) is 268 cm³/mol. The molecular weight excluding hydrogens is 745 g/mol. The highest BCUT2D eigenvalue weighted by Crippen LogP contribution is 2.54. The monoisotopic (exact) mass is 782 g/mol. The van der Waals surface area contributed by atoms with E-state index in [9.17, 15) is 0 Å². The van der Waals surface area contributed by atoms with E-state index in [0.717, 1.165) is 0 Å². The zero-order valence-electron chi connectivity index (χ0n) is 33.9. The number of hydrogen-bond donors (Lipinski definition) is 0. The molecule has 0 N–H and O–H groups in total. The second kappa shape index (κ2) is 13.7. The molecule has 0 atom stereocenters. The smallest absolute Gasteiger partial charge is 0.000785 e. The highest BCUT2D eigenvalue weighted by molar-refractivity contribution is 6.25. The zero-order valence-corrected chi connectivity index (χ0v) is 33.9. The molecule has 0 heteroatoms. The maximum Gasteiger partial charge on any atom is -0.000785 e. The Hall–Kier alpha value is -8.06. The van der Waals surface area contributed by atoms with Crippen LogP contribution < -0.4 is 0 Å². The molecule has 0 nitrogen and oxygen atoms in total. The van der Waals surface area contributed by atoms with Gasteiger partial charge in [-0.25, -0.2) is 0 Å². The fourth-order valence-electron chi connectivity index (χ4n) is 10.4. The van der Waals surface area contributed by atoms with E-state index < -0.39 is 0 Å². The summed E-state index contributed by atoms with van der Waals surface area (Å²) in [5, 5.41) is 19.8. The summed E-state index contributed by atoms with van der Waals surface area (Å²) in [5.41, 5.74) is 9.83. The van der Waals surface area contributed by atoms with E-state index in [4.69, 9.17) is 0 Å². The van der Waals surface area contributed by atoms with Crippen molar-refractivity contribution in [1.82, 2.24) is 0 Å². The van der Waals surface area contributed by atoms with Crippen molar-refractivity contribution in [2.24, 2.45) is 0 Å². The van der Waals surface area contributed by atoms with E-state index in [2.05, 4.69) is 231 Å². The van der Waals surface area contributed by atoms with Crippen molar-refractivity contribution in [3.8, 4) is 44.5 Å². The molecule has 0 aliphatic heterocycles. The topological polar surface area (TPSA) is 0 Å². The second-order valence-electron chi connectivity index (χ2n) is 16.8. The van der Waals surface area contributed by atoms with E-state index in [1.165, 1.54) is 131 Å². The van der Waals surface area contributed by atoms with Crippen LogP contribution in [0.3, 0.4) is 0 Å². The quantitative estimate of drug-likeness (QED) is 0.156. The van der Waals surface area contributed by atoms with Crippen molar-refractivity contribution in [3.63, 3.8) is 0 Å². The zero-order chi connectivity index (χ0) is 40.7. The SMILES string of the molecule is c1ccc2cc(-c3c(-c4cccc5cc6ccccc6cc45)c(-c4ccc5cc6ccccc6cc5c4)c4cc5ccccc5cc4c3-c3cccc4ccccc34)ccc2c1. The van der Waals surface area contributed by atoms with Gasteiger partial charge in [-0.05, 0) is 179 Å². The van der Waals surface area contributed by atoms with Gasteiger partial charge in [0.15, 0.2) is 0 Å². The maximum absolute atomic E-state index is 2.47. The summed E-state index contributed by atoms with van der Waals surface area (Å²) in [6, 6.07) is 86.4. The lowest BCUT2D eigenvalue weighted by Gasteiger charge is -2.26. The minimum absolute atomic E-state index is 1.20. The molecule has 0 amide bonds. The van der Waals surface area contributed by atoms with Crippen LogP contribution in [0.25, 0.3) is 131 Å². The molecule has 0 aliphatic carbocycles. The third kappa shape index (κ3) is 5.47. The minimum Gasteiger partial charge on any atom is -0.0616 e. The Balaban J connectivity index is 1.30. The van der Waals surface area contributed by atoms with Gasteiger partial charge in [0.2, 0.25) is 0 Å². The molecule has 13 aromatic carbocycles. The van der Waals surface area contributed by atoms with Crippen molar-refractivity contribution in [2.75, 3.05) is 0 Å². The highest BCUT2D eigenvalue weighted by atomic mass is 14.3. The van der Waals surface area contributed by atoms with E-state index in [0.29, 0.717) is 0 Å². The Labute approximate surface area is 359 Å². The fourth-order valence-corrected chi connectivity index (χ4v) is 10.4. The summed E-state index contributed by atoms with van der Waals surface area (Å²) in [6.45, 7) is 0. The third-order valence-electron chi connectivity index (χ3n) is 13.3. The molecule has 13 aromatic rings. The molecule has 0 aromatic heterocycles. The van der Waals surface area contributed by atoms with Gasteiger partial charge in [0.25, 0.3) is 0 Å². The molecule has 62 heavy (non-hydrogen) atoms. The lowest BCUT2D eigenvalue weighted by Crippen LogP contribution is -1.99. The van der Waals surface area contributed by atoms with Crippen LogP contribution >= 0.6 is 0 Å². The number of hydrogen-bond acceptors (Lipinski definition) is 0. The van der Waals surface area contributed by atoms with Crippen LogP contribution in [-0.4, -0.2) is 0 Å². The Morgan fingerprint density at radius 3 is 1.19 bits per heavy atom. The first-order valence-electron chi connectivity index (χ1n) is 21.6. The average Bonchev–Trinajstić information content (AvgIpc) is 3.33. The van der Waals surface area contributed by atoms with Gasteiger partial charge < -0.3 is 0 Å². The predicted octanol–water partition coefficient (Wildman–Crippen LogP) is 17.6. The van der Waals surface area contributed by atoms with Crippen LogP contribution in [0.15, 0.2) is 231 Å². The van der Waals surface area contributed by atoms with Gasteiger partial charge in [-0.2, -0.15) is 0 Å². The summed E-state index contributed by atoms with van der Waals surface area (Å²) < 4.78 is 0. The summed E-state index contributed by atoms with van der Waals surface area (Å²) in [5.74, 6) is 0. The molecule has 0 saturated heterocycles. The van der Waals surface area contributed by atoms with Gasteiger partial charge >= 0.3 is 0 Å². The molecule has 0 bridgehead atoms. The summed E-state index contributed by atoms with van der Waals surface area (Å²) >= 11 is 0. The van der Waals surface area contributed by atoms with Crippen LogP contribution in [0, 0.1) is 0 Å². The maximum atomic E-state index is 2.47. The standard InChI is InChI=1S/C62H38/c1-2-15-41-33-51(29-27-39(41)13-1)60-61(54-25-11-22-40-14-9-10-24-53(40)54)58-38-47-21-8-7-20-46(47)37-57(58)59(50-30-28-48-31-42-16-3-4-18-44(42)34-52(48)35-50)62(60)55-26-12-23-49-32-43-17-5-6-19-45(43)36-56(49)55/h1-38H. The minimum atomic E-state index is 1.20. The third-order valence-corrected chi connectivity index (χ3v) is 13.3. The summed E-state index contributed by atoms with van der Waals surface area (Å²) in [7, 11) is 0. The normalized spacial score (nSPS) is 11.9. The Morgan fingerprint density at radius 1 is 0.161 bits per heavy atom. The lowest BCUT2D eigenvalue weighted by atomic mass is 9.76. The molecular formula is C62H38. The van der Waals surface area contributed by atoms with Gasteiger partial charge in [-0.1, -0.05) is 182 Å². The molecule has 0 spiro atoms. The van der Waals surface area contributed by atoms with Crippen LogP contribution in [0.4, 0.5) is 0 Å². The van der Waals surface area contributed by atoms with Gasteiger partial charge in [0.05, 0.1) is 0 Å². The van der Waals surface area contributed by atoms with Gasteiger partial charge in [-0.15, -0.1) is 0 Å². The van der Waals surface area contributed by atoms with Crippen LogP contribution in [0.1, 0.15) is 0 Å². The van der Waals surface area contributed by atoms with Crippen molar-refractivity contribution < 1.29 is 0 Å². The van der Waals surface area contributed by atoms with Gasteiger partial charge in [-0.3, -0.25) is 0 Å². The lowest BCUT2D eigenvalue weighted by molar-refractivity contribution is 1.61. The Kier molecular flexibility index (Phi) is 7.71. The van der Waals surface area contributed by atoms with Gasteiger partial charge in [0.1, 0.15) is 0 Å². The average molecular weight is 783 g/mol. The molecule has 0 aliphatic rings. The van der Waals surface area contributed by atoms with Crippen LogP contribution in [0.2, 0.25) is 0 Å². The number of rotatable bonds is 4. The van der Waals surface area contributed by atoms with E-state index in [1.807, 2.05) is 0 Å². The molecule has 13 rings (SSSR count). The molecule has 0 radical (unpaired) electrons. The first-order valence-corrected chi connectivity index (χ1v) is 21.6. The molecule has 286 valence electrons. The van der Waals surface area contributed by atoms with E-state index in [-0.39, 0.29) is 0 Å². The second-order valence-corrected chi connectivity index (χ2v) is 16.8. The van der Waals surface area contributed by atoms with E-state index in [1.54, 1.807) is 0 Å². The molecule has 0 saturated carbocycles. The Bertz CT molecular complexity index is 3980. The largest absolute Gasteiger partial charge is 0.0616 e. The summed E-state index contributed by atoms with van der Waals surface area (Å²) in [6.07, 6.45) is 0. The Morgan fingerprint density at radius 2 is 0.548 bits per heavy atom. The molecule has 0 heterocycles. The van der Waals surface area contributed by atoms with Crippen LogP contribution in [0.5, 0.6) is 0 Å². The highest BCUT2D eigenvalue weighted by Gasteiger charge is 2.27. The van der Waals surface area contributed by atoms with Crippen molar-refractivity contribution in [1.29, 1.82) is 0 Å². The summed E-state index contributed by atoms with van der Waals surface area (Å²) in [4.78, 5) is 0. The first kappa shape index (κ1) is 34.8. The van der Waals surface area contributed by atoms with E-state index >= 15 is 0 Å². The van der Waals surface area contributed by atoms with Crippen LogP contribution in [-0.2, 0) is 0 Å². The number of fused-ring (bicyclic) bond motifs is 8. The molecule has 0 unspecified atom stereocenters.